The molecule has 0 bridgehead atoms. The van der Waals surface area contributed by atoms with Gasteiger partial charge < -0.3 is 15.5 Å². The fraction of sp³-hybridized carbons (Fsp3) is 0.400. The second-order valence-electron chi connectivity index (χ2n) is 6.25. The number of rotatable bonds is 6. The lowest BCUT2D eigenvalue weighted by Gasteiger charge is -2.16. The van der Waals surface area contributed by atoms with Crippen molar-refractivity contribution in [3.05, 3.63) is 59.8 Å². The summed E-state index contributed by atoms with van der Waals surface area (Å²) in [6, 6.07) is 14.6. The molecule has 0 radical (unpaired) electrons. The Kier molecular flexibility index (Phi) is 6.26. The Hall–Kier alpha value is -2.56. The standard InChI is InChI=1S/C20H27N5/c1-2-21-20(23-14-17-8-4-3-5-9-17)24-16-18-10-11-19(22-15-18)25-12-6-7-13-25/h3-5,8-11,15H,2,6-7,12-14,16H2,1H3,(H2,21,23,24). The number of nitrogens with zero attached hydrogens (tertiary/aromatic N) is 3. The molecule has 1 aromatic carbocycles. The fourth-order valence-electron chi connectivity index (χ4n) is 2.94. The zero-order valence-corrected chi connectivity index (χ0v) is 14.9. The molecule has 1 aliphatic rings. The zero-order valence-electron chi connectivity index (χ0n) is 14.9. The van der Waals surface area contributed by atoms with Crippen molar-refractivity contribution in [3.63, 3.8) is 0 Å². The normalized spacial score (nSPS) is 14.6. The Bertz CT molecular complexity index is 660. The SMILES string of the molecule is CCNC(=NCc1ccc(N2CCCC2)nc1)NCc1ccccc1. The number of anilines is 1. The number of pyridine rings is 1. The van der Waals surface area contributed by atoms with Gasteiger partial charge in [0.1, 0.15) is 5.82 Å². The van der Waals surface area contributed by atoms with Crippen LogP contribution in [-0.2, 0) is 13.1 Å². The quantitative estimate of drug-likeness (QED) is 0.629. The third-order valence-corrected chi connectivity index (χ3v) is 4.31. The van der Waals surface area contributed by atoms with E-state index in [2.05, 4.69) is 68.8 Å². The summed E-state index contributed by atoms with van der Waals surface area (Å²) in [5.41, 5.74) is 2.37. The van der Waals surface area contributed by atoms with E-state index in [0.717, 1.165) is 43.5 Å². The molecule has 2 N–H and O–H groups in total. The van der Waals surface area contributed by atoms with Crippen molar-refractivity contribution in [2.75, 3.05) is 24.5 Å². The number of hydrogen-bond acceptors (Lipinski definition) is 3. The lowest BCUT2D eigenvalue weighted by atomic mass is 10.2. The molecule has 1 aliphatic heterocycles. The van der Waals surface area contributed by atoms with Crippen molar-refractivity contribution >= 4 is 11.8 Å². The summed E-state index contributed by atoms with van der Waals surface area (Å²) in [4.78, 5) is 11.6. The molecule has 5 heteroatoms. The average molecular weight is 337 g/mol. The van der Waals surface area contributed by atoms with Gasteiger partial charge in [0.25, 0.3) is 0 Å². The van der Waals surface area contributed by atoms with E-state index >= 15 is 0 Å². The lowest BCUT2D eigenvalue weighted by molar-refractivity contribution is 0.815. The number of hydrogen-bond donors (Lipinski definition) is 2. The van der Waals surface area contributed by atoms with Gasteiger partial charge in [-0.3, -0.25) is 0 Å². The van der Waals surface area contributed by atoms with Gasteiger partial charge in [0.05, 0.1) is 6.54 Å². The summed E-state index contributed by atoms with van der Waals surface area (Å²) in [5.74, 6) is 1.91. The van der Waals surface area contributed by atoms with Crippen LogP contribution in [0.5, 0.6) is 0 Å². The van der Waals surface area contributed by atoms with Crippen molar-refractivity contribution in [1.29, 1.82) is 0 Å². The van der Waals surface area contributed by atoms with E-state index in [0.29, 0.717) is 6.54 Å². The van der Waals surface area contributed by atoms with Gasteiger partial charge in [0.2, 0.25) is 0 Å². The van der Waals surface area contributed by atoms with Gasteiger partial charge in [-0.05, 0) is 37.0 Å². The second-order valence-corrected chi connectivity index (χ2v) is 6.25. The highest BCUT2D eigenvalue weighted by atomic mass is 15.2. The number of aliphatic imine (C=N–C) groups is 1. The molecule has 0 unspecified atom stereocenters. The number of guanidine groups is 1. The third kappa shape index (κ3) is 5.21. The Balaban J connectivity index is 1.56. The fourth-order valence-corrected chi connectivity index (χ4v) is 2.94. The van der Waals surface area contributed by atoms with Crippen LogP contribution in [0.15, 0.2) is 53.7 Å². The summed E-state index contributed by atoms with van der Waals surface area (Å²) < 4.78 is 0. The molecular weight excluding hydrogens is 310 g/mol. The molecule has 132 valence electrons. The van der Waals surface area contributed by atoms with Crippen molar-refractivity contribution in [1.82, 2.24) is 15.6 Å². The first-order chi connectivity index (χ1) is 12.3. The lowest BCUT2D eigenvalue weighted by Crippen LogP contribution is -2.36. The minimum Gasteiger partial charge on any atom is -0.357 e. The van der Waals surface area contributed by atoms with Gasteiger partial charge in [-0.15, -0.1) is 0 Å². The Labute approximate surface area is 150 Å². The topological polar surface area (TPSA) is 52.6 Å². The minimum absolute atomic E-state index is 0.622. The molecule has 0 aliphatic carbocycles. The number of nitrogens with one attached hydrogen (secondary N) is 2. The maximum atomic E-state index is 4.67. The van der Waals surface area contributed by atoms with Crippen molar-refractivity contribution in [3.8, 4) is 0 Å². The minimum atomic E-state index is 0.622. The molecule has 25 heavy (non-hydrogen) atoms. The van der Waals surface area contributed by atoms with Crippen LogP contribution in [0.25, 0.3) is 0 Å². The van der Waals surface area contributed by atoms with Gasteiger partial charge in [-0.25, -0.2) is 9.98 Å². The van der Waals surface area contributed by atoms with E-state index in [4.69, 9.17) is 0 Å². The van der Waals surface area contributed by atoms with Crippen LogP contribution < -0.4 is 15.5 Å². The first kappa shape index (κ1) is 17.3. The van der Waals surface area contributed by atoms with Crippen LogP contribution in [0.3, 0.4) is 0 Å². The van der Waals surface area contributed by atoms with Crippen molar-refractivity contribution in [2.45, 2.75) is 32.9 Å². The third-order valence-electron chi connectivity index (χ3n) is 4.31. The smallest absolute Gasteiger partial charge is 0.191 e. The largest absolute Gasteiger partial charge is 0.357 e. The molecular formula is C20H27N5. The number of aromatic nitrogens is 1. The second kappa shape index (κ2) is 9.06. The average Bonchev–Trinajstić information content (AvgIpc) is 3.20. The zero-order chi connectivity index (χ0) is 17.3. The summed E-state index contributed by atoms with van der Waals surface area (Å²) in [7, 11) is 0. The highest BCUT2D eigenvalue weighted by molar-refractivity contribution is 5.79. The number of benzene rings is 1. The van der Waals surface area contributed by atoms with Gasteiger partial charge in [-0.2, -0.15) is 0 Å². The van der Waals surface area contributed by atoms with Gasteiger partial charge in [0, 0.05) is 32.4 Å². The molecule has 0 spiro atoms. The predicted octanol–water partition coefficient (Wildman–Crippen LogP) is 2.94. The van der Waals surface area contributed by atoms with Crippen LogP contribution in [-0.4, -0.2) is 30.6 Å². The summed E-state index contributed by atoms with van der Waals surface area (Å²) >= 11 is 0. The molecule has 3 rings (SSSR count). The summed E-state index contributed by atoms with van der Waals surface area (Å²) in [6.07, 6.45) is 4.48. The molecule has 1 aromatic heterocycles. The van der Waals surface area contributed by atoms with E-state index < -0.39 is 0 Å². The molecule has 2 heterocycles. The van der Waals surface area contributed by atoms with E-state index in [9.17, 15) is 0 Å². The Morgan fingerprint density at radius 2 is 1.84 bits per heavy atom. The highest BCUT2D eigenvalue weighted by Crippen LogP contribution is 2.17. The van der Waals surface area contributed by atoms with Crippen molar-refractivity contribution < 1.29 is 0 Å². The van der Waals surface area contributed by atoms with Gasteiger partial charge >= 0.3 is 0 Å². The first-order valence-electron chi connectivity index (χ1n) is 9.11. The van der Waals surface area contributed by atoms with E-state index in [1.807, 2.05) is 12.3 Å². The monoisotopic (exact) mass is 337 g/mol. The maximum Gasteiger partial charge on any atom is 0.191 e. The van der Waals surface area contributed by atoms with Crippen LogP contribution in [0.1, 0.15) is 30.9 Å². The Morgan fingerprint density at radius 1 is 1.04 bits per heavy atom. The summed E-state index contributed by atoms with van der Waals surface area (Å²) in [6.45, 7) is 6.55. The first-order valence-corrected chi connectivity index (χ1v) is 9.11. The summed E-state index contributed by atoms with van der Waals surface area (Å²) in [5, 5.41) is 6.66. The predicted molar refractivity (Wildman–Crippen MR) is 104 cm³/mol. The van der Waals surface area contributed by atoms with Crippen LogP contribution in [0, 0.1) is 0 Å². The molecule has 1 fully saturated rings. The Morgan fingerprint density at radius 3 is 2.52 bits per heavy atom. The van der Waals surface area contributed by atoms with E-state index in [1.165, 1.54) is 18.4 Å². The van der Waals surface area contributed by atoms with Crippen LogP contribution >= 0.6 is 0 Å². The molecule has 0 atom stereocenters. The van der Waals surface area contributed by atoms with E-state index in [1.54, 1.807) is 0 Å². The van der Waals surface area contributed by atoms with Crippen LogP contribution in [0.2, 0.25) is 0 Å². The molecule has 0 amide bonds. The molecule has 5 nitrogen and oxygen atoms in total. The van der Waals surface area contributed by atoms with Gasteiger partial charge in [-0.1, -0.05) is 36.4 Å². The molecule has 1 saturated heterocycles. The molecule has 2 aromatic rings. The van der Waals surface area contributed by atoms with E-state index in [-0.39, 0.29) is 0 Å². The van der Waals surface area contributed by atoms with Crippen molar-refractivity contribution in [2.24, 2.45) is 4.99 Å². The maximum absolute atomic E-state index is 4.67. The molecule has 0 saturated carbocycles. The highest BCUT2D eigenvalue weighted by Gasteiger charge is 2.12. The van der Waals surface area contributed by atoms with Gasteiger partial charge in [0.15, 0.2) is 5.96 Å². The van der Waals surface area contributed by atoms with Crippen LogP contribution in [0.4, 0.5) is 5.82 Å².